The highest BCUT2D eigenvalue weighted by molar-refractivity contribution is 9.11. The molecule has 0 bridgehead atoms. The molecule has 2 rings (SSSR count). The van der Waals surface area contributed by atoms with Gasteiger partial charge in [-0.2, -0.15) is 5.10 Å². The first kappa shape index (κ1) is 9.11. The van der Waals surface area contributed by atoms with Crippen molar-refractivity contribution in [2.45, 2.75) is 6.54 Å². The molecule has 0 aliphatic heterocycles. The van der Waals surface area contributed by atoms with Gasteiger partial charge in [-0.1, -0.05) is 0 Å². The topological polar surface area (TPSA) is 33.6 Å². The lowest BCUT2D eigenvalue weighted by molar-refractivity contribution is 0.794. The van der Waals surface area contributed by atoms with Gasteiger partial charge in [0.15, 0.2) is 4.77 Å². The Morgan fingerprint density at radius 3 is 3.00 bits per heavy atom. The molecule has 0 saturated carbocycles. The summed E-state index contributed by atoms with van der Waals surface area (Å²) in [7, 11) is 0. The van der Waals surface area contributed by atoms with Gasteiger partial charge in [-0.25, -0.2) is 0 Å². The monoisotopic (exact) mass is 275 g/mol. The van der Waals surface area contributed by atoms with Gasteiger partial charge in [-0.3, -0.25) is 5.10 Å². The Bertz CT molecular complexity index is 456. The summed E-state index contributed by atoms with van der Waals surface area (Å²) in [6.45, 7) is 0.783. The van der Waals surface area contributed by atoms with Gasteiger partial charge in [0.1, 0.15) is 6.33 Å². The molecule has 0 aliphatic carbocycles. The quantitative estimate of drug-likeness (QED) is 0.856. The van der Waals surface area contributed by atoms with E-state index in [1.54, 1.807) is 17.7 Å². The van der Waals surface area contributed by atoms with Crippen molar-refractivity contribution in [3.63, 3.8) is 0 Å². The Morgan fingerprint density at radius 2 is 2.46 bits per heavy atom. The molecule has 2 heterocycles. The molecule has 13 heavy (non-hydrogen) atoms. The average Bonchev–Trinajstić information content (AvgIpc) is 2.64. The van der Waals surface area contributed by atoms with Crippen LogP contribution >= 0.6 is 39.5 Å². The van der Waals surface area contributed by atoms with E-state index in [1.807, 2.05) is 10.6 Å². The Morgan fingerprint density at radius 1 is 1.62 bits per heavy atom. The van der Waals surface area contributed by atoms with Gasteiger partial charge in [-0.15, -0.1) is 11.3 Å². The van der Waals surface area contributed by atoms with Crippen LogP contribution in [0.4, 0.5) is 0 Å². The van der Waals surface area contributed by atoms with Crippen molar-refractivity contribution in [2.24, 2.45) is 0 Å². The first-order chi connectivity index (χ1) is 6.25. The molecule has 1 N–H and O–H groups in total. The Labute approximate surface area is 92.5 Å². The summed E-state index contributed by atoms with van der Waals surface area (Å²) in [5, 5.41) is 6.57. The highest BCUT2D eigenvalue weighted by Gasteiger charge is 1.99. The second-order valence-electron chi connectivity index (χ2n) is 2.50. The third-order valence-electron chi connectivity index (χ3n) is 1.57. The predicted octanol–water partition coefficient (Wildman–Crippen LogP) is 2.81. The molecule has 0 saturated heterocycles. The van der Waals surface area contributed by atoms with Gasteiger partial charge >= 0.3 is 0 Å². The van der Waals surface area contributed by atoms with E-state index in [4.69, 9.17) is 12.2 Å². The van der Waals surface area contributed by atoms with Crippen molar-refractivity contribution in [1.82, 2.24) is 14.8 Å². The van der Waals surface area contributed by atoms with Crippen LogP contribution in [0.2, 0.25) is 0 Å². The molecule has 6 heteroatoms. The molecule has 2 aromatic rings. The van der Waals surface area contributed by atoms with Gasteiger partial charge in [0.2, 0.25) is 0 Å². The predicted molar refractivity (Wildman–Crippen MR) is 58.5 cm³/mol. The highest BCUT2D eigenvalue weighted by atomic mass is 79.9. The molecule has 0 aliphatic rings. The van der Waals surface area contributed by atoms with Crippen molar-refractivity contribution in [3.05, 3.63) is 31.9 Å². The van der Waals surface area contributed by atoms with Crippen LogP contribution < -0.4 is 0 Å². The van der Waals surface area contributed by atoms with E-state index >= 15 is 0 Å². The minimum absolute atomic E-state index is 0.657. The fourth-order valence-corrected chi connectivity index (χ4v) is 2.63. The minimum atomic E-state index is 0.657. The third-order valence-corrected chi connectivity index (χ3v) is 3.51. The van der Waals surface area contributed by atoms with E-state index in [2.05, 4.69) is 32.2 Å². The Hall–Kier alpha value is -0.460. The number of rotatable bonds is 2. The van der Waals surface area contributed by atoms with Gasteiger partial charge in [-0.05, 0) is 40.3 Å². The summed E-state index contributed by atoms with van der Waals surface area (Å²) in [6, 6.07) is 4.10. The summed E-state index contributed by atoms with van der Waals surface area (Å²) in [4.78, 5) is 1.25. The van der Waals surface area contributed by atoms with Crippen molar-refractivity contribution in [2.75, 3.05) is 0 Å². The summed E-state index contributed by atoms with van der Waals surface area (Å²) in [5.41, 5.74) is 0. The molecule has 0 unspecified atom stereocenters. The van der Waals surface area contributed by atoms with Gasteiger partial charge in [0.25, 0.3) is 0 Å². The Balaban J connectivity index is 2.24. The van der Waals surface area contributed by atoms with E-state index in [0.29, 0.717) is 4.77 Å². The van der Waals surface area contributed by atoms with Crippen LogP contribution in [0.25, 0.3) is 0 Å². The molecule has 0 atom stereocenters. The lowest BCUT2D eigenvalue weighted by atomic mass is 10.5. The van der Waals surface area contributed by atoms with E-state index in [9.17, 15) is 0 Å². The molecule has 0 spiro atoms. The maximum Gasteiger partial charge on any atom is 0.195 e. The van der Waals surface area contributed by atoms with Gasteiger partial charge in [0, 0.05) is 4.88 Å². The fourth-order valence-electron chi connectivity index (χ4n) is 0.988. The first-order valence-corrected chi connectivity index (χ1v) is 5.61. The number of hydrogen-bond donors (Lipinski definition) is 1. The van der Waals surface area contributed by atoms with E-state index < -0.39 is 0 Å². The smallest absolute Gasteiger partial charge is 0.195 e. The highest BCUT2D eigenvalue weighted by Crippen LogP contribution is 2.22. The summed E-state index contributed by atoms with van der Waals surface area (Å²) >= 11 is 10.1. The standard InChI is InChI=1S/C7H6BrN3S2/c8-6-2-1-5(13-6)3-11-4-9-10-7(11)12/h1-2,4H,3H2,(H,10,12). The van der Waals surface area contributed by atoms with Crippen molar-refractivity contribution >= 4 is 39.5 Å². The van der Waals surface area contributed by atoms with Crippen molar-refractivity contribution in [3.8, 4) is 0 Å². The molecule has 2 aromatic heterocycles. The van der Waals surface area contributed by atoms with Crippen LogP contribution in [0.5, 0.6) is 0 Å². The molecule has 0 amide bonds. The van der Waals surface area contributed by atoms with Crippen LogP contribution in [-0.4, -0.2) is 14.8 Å². The van der Waals surface area contributed by atoms with Crippen LogP contribution in [-0.2, 0) is 6.54 Å². The second-order valence-corrected chi connectivity index (χ2v) is 5.43. The largest absolute Gasteiger partial charge is 0.301 e. The number of nitrogens with one attached hydrogen (secondary N) is 1. The minimum Gasteiger partial charge on any atom is -0.301 e. The third kappa shape index (κ3) is 2.07. The zero-order valence-corrected chi connectivity index (χ0v) is 9.75. The lowest BCUT2D eigenvalue weighted by Crippen LogP contribution is -1.95. The number of hydrogen-bond acceptors (Lipinski definition) is 3. The number of aromatic nitrogens is 3. The molecule has 3 nitrogen and oxygen atoms in total. The van der Waals surface area contributed by atoms with E-state index in [0.717, 1.165) is 10.3 Å². The Kier molecular flexibility index (Phi) is 2.61. The fraction of sp³-hybridized carbons (Fsp3) is 0.143. The summed E-state index contributed by atoms with van der Waals surface area (Å²) in [6.07, 6.45) is 1.70. The second kappa shape index (κ2) is 3.73. The molecular formula is C7H6BrN3S2. The number of aromatic amines is 1. The number of halogens is 1. The van der Waals surface area contributed by atoms with Crippen LogP contribution in [0.15, 0.2) is 22.2 Å². The summed E-state index contributed by atoms with van der Waals surface area (Å²) < 4.78 is 3.69. The number of H-pyrrole nitrogens is 1. The number of nitrogens with zero attached hydrogens (tertiary/aromatic N) is 2. The van der Waals surface area contributed by atoms with E-state index in [1.165, 1.54) is 4.88 Å². The molecule has 0 aromatic carbocycles. The van der Waals surface area contributed by atoms with Crippen LogP contribution in [0, 0.1) is 4.77 Å². The first-order valence-electron chi connectivity index (χ1n) is 3.60. The summed E-state index contributed by atoms with van der Waals surface area (Å²) in [5.74, 6) is 0. The number of thiophene rings is 1. The maximum atomic E-state index is 5.03. The maximum absolute atomic E-state index is 5.03. The van der Waals surface area contributed by atoms with Crippen molar-refractivity contribution in [1.29, 1.82) is 0 Å². The van der Waals surface area contributed by atoms with Gasteiger partial charge < -0.3 is 4.57 Å². The SMILES string of the molecule is S=c1[nH]ncn1Cc1ccc(Br)s1. The average molecular weight is 276 g/mol. The lowest BCUT2D eigenvalue weighted by Gasteiger charge is -1.95. The van der Waals surface area contributed by atoms with E-state index in [-0.39, 0.29) is 0 Å². The molecular weight excluding hydrogens is 270 g/mol. The zero-order chi connectivity index (χ0) is 9.26. The normalized spacial score (nSPS) is 10.5. The van der Waals surface area contributed by atoms with Gasteiger partial charge in [0.05, 0.1) is 10.3 Å². The zero-order valence-electron chi connectivity index (χ0n) is 6.53. The molecule has 0 fully saturated rings. The van der Waals surface area contributed by atoms with Crippen LogP contribution in [0.1, 0.15) is 4.88 Å². The molecule has 0 radical (unpaired) electrons. The van der Waals surface area contributed by atoms with Crippen molar-refractivity contribution < 1.29 is 0 Å². The molecule has 68 valence electrons. The van der Waals surface area contributed by atoms with Crippen LogP contribution in [0.3, 0.4) is 0 Å².